The van der Waals surface area contributed by atoms with E-state index in [2.05, 4.69) is 15.9 Å². The topological polar surface area (TPSA) is 9.23 Å². The molecule has 0 amide bonds. The molecule has 1 aromatic carbocycles. The van der Waals surface area contributed by atoms with Crippen molar-refractivity contribution in [1.82, 2.24) is 0 Å². The predicted octanol–water partition coefficient (Wildman–Crippen LogP) is 4.72. The van der Waals surface area contributed by atoms with E-state index in [1.807, 2.05) is 0 Å². The van der Waals surface area contributed by atoms with Crippen LogP contribution < -0.4 is 0 Å². The van der Waals surface area contributed by atoms with Gasteiger partial charge in [-0.25, -0.2) is 0 Å². The van der Waals surface area contributed by atoms with Gasteiger partial charge in [0.15, 0.2) is 0 Å². The van der Waals surface area contributed by atoms with Gasteiger partial charge in [0, 0.05) is 11.6 Å². The zero-order chi connectivity index (χ0) is 14.0. The van der Waals surface area contributed by atoms with E-state index in [4.69, 9.17) is 4.74 Å². The van der Waals surface area contributed by atoms with E-state index in [9.17, 15) is 22.0 Å². The van der Waals surface area contributed by atoms with Gasteiger partial charge in [0.2, 0.25) is 0 Å². The van der Waals surface area contributed by atoms with Gasteiger partial charge in [0.1, 0.15) is 0 Å². The first-order valence-electron chi connectivity index (χ1n) is 4.90. The van der Waals surface area contributed by atoms with E-state index in [0.29, 0.717) is 4.47 Å². The van der Waals surface area contributed by atoms with E-state index in [1.54, 1.807) is 6.07 Å². The van der Waals surface area contributed by atoms with Gasteiger partial charge >= 0.3 is 12.1 Å². The molecule has 0 aromatic heterocycles. The first-order valence-corrected chi connectivity index (χ1v) is 5.69. The molecule has 102 valence electrons. The largest absolute Gasteiger partial charge is 0.453 e. The maximum Gasteiger partial charge on any atom is 0.453 e. The number of rotatable bonds is 4. The van der Waals surface area contributed by atoms with Gasteiger partial charge in [-0.15, -0.1) is 0 Å². The number of hydrogen-bond donors (Lipinski definition) is 0. The molecule has 0 spiro atoms. The Balaban J connectivity index is 2.93. The van der Waals surface area contributed by atoms with Crippen LogP contribution in [0.4, 0.5) is 22.0 Å². The summed E-state index contributed by atoms with van der Waals surface area (Å²) in [5.41, 5.74) is 0.260. The molecule has 7 heteroatoms. The summed E-state index contributed by atoms with van der Waals surface area (Å²) in [7, 11) is 1.10. The average Bonchev–Trinajstić information content (AvgIpc) is 2.24. The van der Waals surface area contributed by atoms with Crippen molar-refractivity contribution in [3.8, 4) is 0 Å². The van der Waals surface area contributed by atoms with Gasteiger partial charge in [0.25, 0.3) is 0 Å². The normalized spacial score (nSPS) is 14.6. The maximum absolute atomic E-state index is 12.9. The summed E-state index contributed by atoms with van der Waals surface area (Å²) < 4.78 is 67.5. The van der Waals surface area contributed by atoms with Crippen LogP contribution in [-0.2, 0) is 4.74 Å². The van der Waals surface area contributed by atoms with E-state index < -0.39 is 24.6 Å². The van der Waals surface area contributed by atoms with Crippen LogP contribution in [0.25, 0.3) is 0 Å². The molecule has 1 rings (SSSR count). The number of methoxy groups -OCH3 is 1. The molecule has 0 aliphatic heterocycles. The quantitative estimate of drug-likeness (QED) is 0.724. The van der Waals surface area contributed by atoms with E-state index in [1.165, 1.54) is 18.2 Å². The molecule has 1 atom stereocenters. The van der Waals surface area contributed by atoms with Crippen molar-refractivity contribution in [2.45, 2.75) is 24.6 Å². The lowest BCUT2D eigenvalue weighted by atomic mass is 10.0. The highest BCUT2D eigenvalue weighted by Gasteiger charge is 2.58. The highest BCUT2D eigenvalue weighted by Crippen LogP contribution is 2.42. The molecule has 0 aliphatic carbocycles. The number of hydrogen-bond acceptors (Lipinski definition) is 1. The molecule has 0 saturated heterocycles. The maximum atomic E-state index is 12.9. The van der Waals surface area contributed by atoms with Crippen molar-refractivity contribution < 1.29 is 26.7 Å². The fraction of sp³-hybridized carbons (Fsp3) is 0.455. The zero-order valence-corrected chi connectivity index (χ0v) is 10.9. The Labute approximate surface area is 109 Å². The van der Waals surface area contributed by atoms with Crippen LogP contribution in [0.15, 0.2) is 28.7 Å². The van der Waals surface area contributed by atoms with Crippen LogP contribution in [0.1, 0.15) is 18.1 Å². The molecule has 0 radical (unpaired) electrons. The predicted molar refractivity (Wildman–Crippen MR) is 59.5 cm³/mol. The summed E-state index contributed by atoms with van der Waals surface area (Å²) >= 11 is 3.11. The number of ether oxygens (including phenoxy) is 1. The molecule has 0 heterocycles. The van der Waals surface area contributed by atoms with Crippen molar-refractivity contribution in [2.24, 2.45) is 0 Å². The lowest BCUT2D eigenvalue weighted by molar-refractivity contribution is -0.291. The lowest BCUT2D eigenvalue weighted by Crippen LogP contribution is -2.38. The third-order valence-corrected chi connectivity index (χ3v) is 2.85. The number of alkyl halides is 5. The fourth-order valence-corrected chi connectivity index (χ4v) is 1.81. The molecule has 18 heavy (non-hydrogen) atoms. The minimum absolute atomic E-state index is 0.260. The lowest BCUT2D eigenvalue weighted by Gasteiger charge is -2.24. The Morgan fingerprint density at radius 2 is 1.83 bits per heavy atom. The van der Waals surface area contributed by atoms with Crippen molar-refractivity contribution >= 4 is 15.9 Å². The van der Waals surface area contributed by atoms with Gasteiger partial charge in [-0.05, 0) is 17.7 Å². The van der Waals surface area contributed by atoms with Gasteiger partial charge in [-0.1, -0.05) is 28.1 Å². The summed E-state index contributed by atoms with van der Waals surface area (Å²) in [4.78, 5) is 0. The third kappa shape index (κ3) is 3.65. The molecular formula is C11H10BrF5O. The van der Waals surface area contributed by atoms with Crippen LogP contribution in [0.2, 0.25) is 0 Å². The minimum atomic E-state index is -5.57. The van der Waals surface area contributed by atoms with Crippen molar-refractivity contribution in [2.75, 3.05) is 7.11 Å². The van der Waals surface area contributed by atoms with Gasteiger partial charge in [0.05, 0.1) is 12.5 Å². The number of halogens is 6. The van der Waals surface area contributed by atoms with Crippen molar-refractivity contribution in [3.05, 3.63) is 34.3 Å². The van der Waals surface area contributed by atoms with Crippen LogP contribution in [0.5, 0.6) is 0 Å². The highest BCUT2D eigenvalue weighted by atomic mass is 79.9. The fourth-order valence-electron chi connectivity index (χ4n) is 1.39. The zero-order valence-electron chi connectivity index (χ0n) is 9.27. The summed E-state index contributed by atoms with van der Waals surface area (Å²) in [5, 5.41) is 0. The molecule has 0 aliphatic rings. The van der Waals surface area contributed by atoms with E-state index in [-0.39, 0.29) is 5.56 Å². The van der Waals surface area contributed by atoms with E-state index >= 15 is 0 Å². The summed E-state index contributed by atoms with van der Waals surface area (Å²) in [6.45, 7) is 0. The van der Waals surface area contributed by atoms with Gasteiger partial charge < -0.3 is 4.74 Å². The smallest absolute Gasteiger partial charge is 0.377 e. The minimum Gasteiger partial charge on any atom is -0.377 e. The number of benzene rings is 1. The monoisotopic (exact) mass is 332 g/mol. The Bertz CT molecular complexity index is 405. The van der Waals surface area contributed by atoms with Gasteiger partial charge in [-0.3, -0.25) is 0 Å². The Kier molecular flexibility index (Phi) is 4.72. The summed E-state index contributed by atoms with van der Waals surface area (Å²) in [5.74, 6) is -4.78. The Hall–Kier alpha value is -0.690. The van der Waals surface area contributed by atoms with Crippen molar-refractivity contribution in [3.63, 3.8) is 0 Å². The van der Waals surface area contributed by atoms with Crippen LogP contribution in [0, 0.1) is 0 Å². The Morgan fingerprint density at radius 3 is 2.28 bits per heavy atom. The second kappa shape index (κ2) is 5.52. The Morgan fingerprint density at radius 1 is 1.22 bits per heavy atom. The van der Waals surface area contributed by atoms with E-state index in [0.717, 1.165) is 7.11 Å². The van der Waals surface area contributed by atoms with Gasteiger partial charge in [-0.2, -0.15) is 22.0 Å². The summed E-state index contributed by atoms with van der Waals surface area (Å²) in [6, 6.07) is 6.06. The SMILES string of the molecule is COC(CC(F)(F)C(F)(F)F)c1cccc(Br)c1. The van der Waals surface area contributed by atoms with Crippen LogP contribution in [0.3, 0.4) is 0 Å². The molecule has 0 fully saturated rings. The highest BCUT2D eigenvalue weighted by molar-refractivity contribution is 9.10. The summed E-state index contributed by atoms with van der Waals surface area (Å²) in [6.07, 6.45) is -8.33. The molecule has 0 bridgehead atoms. The first kappa shape index (κ1) is 15.4. The molecule has 0 saturated carbocycles. The standard InChI is InChI=1S/C11H10BrF5O/c1-18-9(6-10(13,14)11(15,16)17)7-3-2-4-8(12)5-7/h2-5,9H,6H2,1H3. The molecule has 1 nitrogen and oxygen atoms in total. The average molecular weight is 333 g/mol. The second-order valence-electron chi connectivity index (χ2n) is 3.69. The molecule has 1 unspecified atom stereocenters. The van der Waals surface area contributed by atoms with Crippen LogP contribution >= 0.6 is 15.9 Å². The molecular weight excluding hydrogens is 323 g/mol. The molecule has 0 N–H and O–H groups in total. The second-order valence-corrected chi connectivity index (χ2v) is 4.60. The van der Waals surface area contributed by atoms with Crippen LogP contribution in [-0.4, -0.2) is 19.2 Å². The van der Waals surface area contributed by atoms with Crippen molar-refractivity contribution in [1.29, 1.82) is 0 Å². The third-order valence-electron chi connectivity index (χ3n) is 2.36. The molecule has 1 aromatic rings. The first-order chi connectivity index (χ1) is 8.17.